The van der Waals surface area contributed by atoms with E-state index in [0.29, 0.717) is 6.42 Å². The van der Waals surface area contributed by atoms with Crippen LogP contribution in [0.5, 0.6) is 0 Å². The lowest BCUT2D eigenvalue weighted by molar-refractivity contribution is -0.144. The lowest BCUT2D eigenvalue weighted by atomic mass is 9.51. The Morgan fingerprint density at radius 2 is 1.78 bits per heavy atom. The van der Waals surface area contributed by atoms with Crippen molar-refractivity contribution >= 4 is 11.8 Å². The normalized spacial score (nSPS) is 33.7. The summed E-state index contributed by atoms with van der Waals surface area (Å²) < 4.78 is 0. The molecule has 5 heteroatoms. The minimum atomic E-state index is -0.543. The summed E-state index contributed by atoms with van der Waals surface area (Å²) in [6.45, 7) is 12.4. The summed E-state index contributed by atoms with van der Waals surface area (Å²) in [4.78, 5) is 25.5. The van der Waals surface area contributed by atoms with Crippen molar-refractivity contribution in [3.05, 3.63) is 35.9 Å². The summed E-state index contributed by atoms with van der Waals surface area (Å²) >= 11 is 0. The van der Waals surface area contributed by atoms with E-state index in [0.717, 1.165) is 31.2 Å². The van der Waals surface area contributed by atoms with Gasteiger partial charge in [-0.15, -0.1) is 0 Å². The molecule has 0 spiro atoms. The summed E-state index contributed by atoms with van der Waals surface area (Å²) in [6, 6.07) is 9.85. The molecule has 0 bridgehead atoms. The molecule has 2 fully saturated rings. The van der Waals surface area contributed by atoms with Gasteiger partial charge in [-0.3, -0.25) is 9.59 Å². The van der Waals surface area contributed by atoms with Crippen LogP contribution in [0.1, 0.15) is 72.8 Å². The molecular weight excluding hydrogens is 400 g/mol. The average molecular weight is 443 g/mol. The van der Waals surface area contributed by atoms with Crippen molar-refractivity contribution < 1.29 is 14.7 Å². The zero-order chi connectivity index (χ0) is 23.7. The van der Waals surface area contributed by atoms with Crippen molar-refractivity contribution in [1.29, 1.82) is 0 Å². The van der Waals surface area contributed by atoms with Crippen LogP contribution in [0.3, 0.4) is 0 Å². The first-order chi connectivity index (χ1) is 14.9. The van der Waals surface area contributed by atoms with Gasteiger partial charge < -0.3 is 15.7 Å². The molecule has 7 unspecified atom stereocenters. The van der Waals surface area contributed by atoms with E-state index < -0.39 is 6.10 Å². The average Bonchev–Trinajstić information content (AvgIpc) is 2.69. The molecule has 178 valence electrons. The fraction of sp³-hybridized carbons (Fsp3) is 0.704. The fourth-order valence-electron chi connectivity index (χ4n) is 6.21. The molecule has 1 aromatic carbocycles. The second-order valence-corrected chi connectivity index (χ2v) is 11.6. The minimum absolute atomic E-state index is 0.0151. The van der Waals surface area contributed by atoms with Crippen molar-refractivity contribution in [3.8, 4) is 0 Å². The molecule has 0 saturated heterocycles. The Balaban J connectivity index is 1.69. The number of aliphatic hydroxyl groups excluding tert-OH is 1. The van der Waals surface area contributed by atoms with E-state index in [1.165, 1.54) is 0 Å². The number of rotatable bonds is 5. The molecule has 2 saturated carbocycles. The third-order valence-electron chi connectivity index (χ3n) is 8.00. The third-order valence-corrected chi connectivity index (χ3v) is 8.00. The molecule has 0 aliphatic heterocycles. The van der Waals surface area contributed by atoms with Gasteiger partial charge in [0.2, 0.25) is 11.8 Å². The molecule has 3 N–H and O–H groups in total. The lowest BCUT2D eigenvalue weighted by Gasteiger charge is -2.56. The molecule has 2 amide bonds. The van der Waals surface area contributed by atoms with Gasteiger partial charge in [-0.25, -0.2) is 0 Å². The first-order valence-electron chi connectivity index (χ1n) is 12.2. The molecule has 7 atom stereocenters. The third kappa shape index (κ3) is 5.54. The van der Waals surface area contributed by atoms with Crippen molar-refractivity contribution in [2.75, 3.05) is 0 Å². The molecule has 1 aromatic rings. The largest absolute Gasteiger partial charge is 0.392 e. The summed E-state index contributed by atoms with van der Waals surface area (Å²) in [6.07, 6.45) is 3.64. The SMILES string of the molecule is CC(C(=O)NC(C)(C)C)C1CCC2(C)CCC(NC(=O)Cc3ccccc3)C(C)C2C1O. The highest BCUT2D eigenvalue weighted by Crippen LogP contribution is 2.55. The number of hydrogen-bond donors (Lipinski definition) is 3. The Labute approximate surface area is 193 Å². The second-order valence-electron chi connectivity index (χ2n) is 11.6. The number of fused-ring (bicyclic) bond motifs is 1. The first-order valence-corrected chi connectivity index (χ1v) is 12.2. The van der Waals surface area contributed by atoms with Crippen LogP contribution in [0.15, 0.2) is 30.3 Å². The van der Waals surface area contributed by atoms with E-state index in [2.05, 4.69) is 24.5 Å². The summed E-state index contributed by atoms with van der Waals surface area (Å²) in [5, 5.41) is 17.8. The molecular formula is C27H42N2O3. The maximum atomic E-state index is 12.8. The molecule has 0 aromatic heterocycles. The van der Waals surface area contributed by atoms with Crippen LogP contribution in [0, 0.1) is 29.1 Å². The Hall–Kier alpha value is -1.88. The highest BCUT2D eigenvalue weighted by molar-refractivity contribution is 5.79. The van der Waals surface area contributed by atoms with E-state index in [1.807, 2.05) is 58.0 Å². The topological polar surface area (TPSA) is 78.4 Å². The van der Waals surface area contributed by atoms with Crippen LogP contribution in [0.2, 0.25) is 0 Å². The van der Waals surface area contributed by atoms with Gasteiger partial charge in [-0.1, -0.05) is 51.1 Å². The zero-order valence-electron chi connectivity index (χ0n) is 20.7. The van der Waals surface area contributed by atoms with Crippen molar-refractivity contribution in [2.45, 2.75) is 91.3 Å². The smallest absolute Gasteiger partial charge is 0.224 e. The highest BCUT2D eigenvalue weighted by Gasteiger charge is 2.53. The van der Waals surface area contributed by atoms with Gasteiger partial charge in [0.05, 0.1) is 12.5 Å². The molecule has 0 heterocycles. The highest BCUT2D eigenvalue weighted by atomic mass is 16.3. The zero-order valence-corrected chi connectivity index (χ0v) is 20.7. The molecule has 32 heavy (non-hydrogen) atoms. The monoisotopic (exact) mass is 442 g/mol. The molecule has 5 nitrogen and oxygen atoms in total. The maximum Gasteiger partial charge on any atom is 0.224 e. The molecule has 0 radical (unpaired) electrons. The maximum absolute atomic E-state index is 12.8. The number of carbonyl (C=O) groups excluding carboxylic acids is 2. The Morgan fingerprint density at radius 3 is 2.41 bits per heavy atom. The summed E-state index contributed by atoms with van der Waals surface area (Å²) in [7, 11) is 0. The number of benzene rings is 1. The fourth-order valence-corrected chi connectivity index (χ4v) is 6.21. The van der Waals surface area contributed by atoms with Crippen LogP contribution in [-0.4, -0.2) is 34.6 Å². The molecule has 2 aliphatic rings. The Kier molecular flexibility index (Phi) is 7.38. The predicted octanol–water partition coefficient (Wildman–Crippen LogP) is 4.09. The van der Waals surface area contributed by atoms with Gasteiger partial charge in [0, 0.05) is 17.5 Å². The second kappa shape index (κ2) is 9.54. The van der Waals surface area contributed by atoms with Gasteiger partial charge in [-0.2, -0.15) is 0 Å². The lowest BCUT2D eigenvalue weighted by Crippen LogP contribution is -2.59. The van der Waals surface area contributed by atoms with Crippen LogP contribution < -0.4 is 10.6 Å². The summed E-state index contributed by atoms with van der Waals surface area (Å²) in [5.74, 6) is -0.0190. The first kappa shape index (κ1) is 24.8. The van der Waals surface area contributed by atoms with E-state index >= 15 is 0 Å². The van der Waals surface area contributed by atoms with Crippen molar-refractivity contribution in [1.82, 2.24) is 10.6 Å². The minimum Gasteiger partial charge on any atom is -0.392 e. The van der Waals surface area contributed by atoms with E-state index in [1.54, 1.807) is 0 Å². The molecule has 2 aliphatic carbocycles. The van der Waals surface area contributed by atoms with Gasteiger partial charge >= 0.3 is 0 Å². The Bertz CT molecular complexity index is 803. The quantitative estimate of drug-likeness (QED) is 0.643. The van der Waals surface area contributed by atoms with Gasteiger partial charge in [0.15, 0.2) is 0 Å². The van der Waals surface area contributed by atoms with Crippen LogP contribution in [0.4, 0.5) is 0 Å². The Morgan fingerprint density at radius 1 is 1.16 bits per heavy atom. The number of aliphatic hydroxyl groups is 1. The van der Waals surface area contributed by atoms with Crippen LogP contribution in [0.25, 0.3) is 0 Å². The number of nitrogens with one attached hydrogen (secondary N) is 2. The van der Waals surface area contributed by atoms with E-state index in [4.69, 9.17) is 0 Å². The number of hydrogen-bond acceptors (Lipinski definition) is 3. The van der Waals surface area contributed by atoms with E-state index in [9.17, 15) is 14.7 Å². The van der Waals surface area contributed by atoms with Gasteiger partial charge in [0.1, 0.15) is 0 Å². The van der Waals surface area contributed by atoms with Crippen LogP contribution in [-0.2, 0) is 16.0 Å². The molecule has 3 rings (SSSR count). The van der Waals surface area contributed by atoms with Crippen LogP contribution >= 0.6 is 0 Å². The van der Waals surface area contributed by atoms with Gasteiger partial charge in [0.25, 0.3) is 0 Å². The predicted molar refractivity (Wildman–Crippen MR) is 128 cm³/mol. The number of amides is 2. The van der Waals surface area contributed by atoms with Gasteiger partial charge in [-0.05, 0) is 75.2 Å². The van der Waals surface area contributed by atoms with Crippen molar-refractivity contribution in [3.63, 3.8) is 0 Å². The van der Waals surface area contributed by atoms with Crippen molar-refractivity contribution in [2.24, 2.45) is 29.1 Å². The van der Waals surface area contributed by atoms with E-state index in [-0.39, 0.29) is 52.5 Å². The summed E-state index contributed by atoms with van der Waals surface area (Å²) in [5.41, 5.74) is 0.775. The standard InChI is InChI=1S/C27H42N2O3/c1-17(25(32)29-26(3,4)5)20-12-14-27(6)15-13-21(18(2)23(27)24(20)31)28-22(30)16-19-10-8-7-9-11-19/h7-11,17-18,20-21,23-24,31H,12-16H2,1-6H3,(H,28,30)(H,29,32). The number of carbonyl (C=O) groups is 2.